The second kappa shape index (κ2) is 3.77. The molecule has 3 heteroatoms. The van der Waals surface area contributed by atoms with E-state index < -0.39 is 0 Å². The Morgan fingerprint density at radius 3 is 2.93 bits per heavy atom. The van der Waals surface area contributed by atoms with Gasteiger partial charge in [-0.05, 0) is 24.6 Å². The number of rotatable bonds is 2. The van der Waals surface area contributed by atoms with Gasteiger partial charge in [-0.1, -0.05) is 13.0 Å². The summed E-state index contributed by atoms with van der Waals surface area (Å²) in [5.41, 5.74) is 2.72. The van der Waals surface area contributed by atoms with Gasteiger partial charge in [0.15, 0.2) is 0 Å². The number of carbonyl (C=O) groups is 1. The Bertz CT molecular complexity index is 499. The van der Waals surface area contributed by atoms with Crippen LogP contribution in [-0.2, 0) is 11.2 Å². The number of aryl methyl sites for hydroxylation is 1. The van der Waals surface area contributed by atoms with Crippen LogP contribution in [0.3, 0.4) is 0 Å². The Balaban J connectivity index is 2.64. The maximum absolute atomic E-state index is 11.5. The van der Waals surface area contributed by atoms with Crippen LogP contribution in [0, 0.1) is 0 Å². The van der Waals surface area contributed by atoms with Crippen LogP contribution < -0.4 is 0 Å². The molecule has 1 heterocycles. The highest BCUT2D eigenvalue weighted by atomic mass is 16.5. The van der Waals surface area contributed by atoms with Gasteiger partial charge in [0.2, 0.25) is 0 Å². The number of esters is 1. The number of ether oxygens (including phenoxy) is 1. The quantitative estimate of drug-likeness (QED) is 0.762. The lowest BCUT2D eigenvalue weighted by molar-refractivity contribution is 0.0603. The number of aromatic nitrogens is 1. The molecule has 0 spiro atoms. The zero-order chi connectivity index (χ0) is 10.8. The summed E-state index contributed by atoms with van der Waals surface area (Å²) in [6, 6.07) is 7.59. The lowest BCUT2D eigenvalue weighted by atomic mass is 10.1. The summed E-state index contributed by atoms with van der Waals surface area (Å²) in [7, 11) is 1.40. The van der Waals surface area contributed by atoms with Crippen molar-refractivity contribution < 1.29 is 9.53 Å². The first kappa shape index (κ1) is 9.77. The van der Waals surface area contributed by atoms with Crippen LogP contribution in [-0.4, -0.2) is 18.1 Å². The van der Waals surface area contributed by atoms with Crippen molar-refractivity contribution >= 4 is 16.9 Å². The molecular formula is C12H13NO2. The summed E-state index contributed by atoms with van der Waals surface area (Å²) in [4.78, 5) is 14.7. The summed E-state index contributed by atoms with van der Waals surface area (Å²) in [6.45, 7) is 2.07. The van der Waals surface area contributed by atoms with Gasteiger partial charge in [0.1, 0.15) is 0 Å². The van der Waals surface area contributed by atoms with Gasteiger partial charge in [-0.25, -0.2) is 4.79 Å². The zero-order valence-corrected chi connectivity index (χ0v) is 8.83. The molecular weight excluding hydrogens is 190 g/mol. The van der Waals surface area contributed by atoms with Gasteiger partial charge < -0.3 is 9.72 Å². The van der Waals surface area contributed by atoms with Crippen molar-refractivity contribution in [1.29, 1.82) is 0 Å². The highest BCUT2D eigenvalue weighted by Gasteiger charge is 2.11. The van der Waals surface area contributed by atoms with E-state index in [2.05, 4.69) is 11.9 Å². The SMILES string of the molecule is CCc1cc2c(C(=O)OC)cccc2[nH]1. The van der Waals surface area contributed by atoms with Gasteiger partial charge in [0.25, 0.3) is 0 Å². The van der Waals surface area contributed by atoms with E-state index in [1.165, 1.54) is 7.11 Å². The van der Waals surface area contributed by atoms with E-state index in [4.69, 9.17) is 4.74 Å². The standard InChI is InChI=1S/C12H13NO2/c1-3-8-7-10-9(12(14)15-2)5-4-6-11(10)13-8/h4-7,13H,3H2,1-2H3. The molecule has 0 saturated carbocycles. The molecule has 0 aliphatic rings. The van der Waals surface area contributed by atoms with E-state index in [9.17, 15) is 4.79 Å². The van der Waals surface area contributed by atoms with Crippen molar-refractivity contribution in [2.45, 2.75) is 13.3 Å². The molecule has 1 N–H and O–H groups in total. The van der Waals surface area contributed by atoms with Crippen molar-refractivity contribution in [2.24, 2.45) is 0 Å². The summed E-state index contributed by atoms with van der Waals surface area (Å²) >= 11 is 0. The fourth-order valence-corrected chi connectivity index (χ4v) is 1.69. The lowest BCUT2D eigenvalue weighted by Crippen LogP contribution is -2.00. The Hall–Kier alpha value is -1.77. The molecule has 0 aliphatic heterocycles. The van der Waals surface area contributed by atoms with Crippen molar-refractivity contribution in [1.82, 2.24) is 4.98 Å². The molecule has 0 amide bonds. The fourth-order valence-electron chi connectivity index (χ4n) is 1.69. The predicted octanol–water partition coefficient (Wildman–Crippen LogP) is 2.52. The van der Waals surface area contributed by atoms with Crippen molar-refractivity contribution in [3.8, 4) is 0 Å². The minimum Gasteiger partial charge on any atom is -0.465 e. The van der Waals surface area contributed by atoms with E-state index in [1.807, 2.05) is 18.2 Å². The normalized spacial score (nSPS) is 10.5. The number of fused-ring (bicyclic) bond motifs is 1. The third-order valence-electron chi connectivity index (χ3n) is 2.51. The van der Waals surface area contributed by atoms with Crippen molar-refractivity contribution in [3.05, 3.63) is 35.5 Å². The topological polar surface area (TPSA) is 42.1 Å². The number of H-pyrrole nitrogens is 1. The zero-order valence-electron chi connectivity index (χ0n) is 8.83. The molecule has 0 aliphatic carbocycles. The summed E-state index contributed by atoms with van der Waals surface area (Å²) in [6.07, 6.45) is 0.926. The van der Waals surface area contributed by atoms with Crippen LogP contribution in [0.2, 0.25) is 0 Å². The number of hydrogen-bond donors (Lipinski definition) is 1. The molecule has 2 rings (SSSR count). The van der Waals surface area contributed by atoms with Crippen LogP contribution in [0.1, 0.15) is 23.0 Å². The second-order valence-electron chi connectivity index (χ2n) is 3.41. The van der Waals surface area contributed by atoms with E-state index in [0.717, 1.165) is 23.0 Å². The minimum absolute atomic E-state index is 0.290. The van der Waals surface area contributed by atoms with Crippen LogP contribution in [0.15, 0.2) is 24.3 Å². The molecule has 15 heavy (non-hydrogen) atoms. The van der Waals surface area contributed by atoms with Gasteiger partial charge in [-0.3, -0.25) is 0 Å². The first-order valence-corrected chi connectivity index (χ1v) is 4.95. The van der Waals surface area contributed by atoms with Crippen LogP contribution in [0.4, 0.5) is 0 Å². The van der Waals surface area contributed by atoms with Crippen LogP contribution in [0.25, 0.3) is 10.9 Å². The second-order valence-corrected chi connectivity index (χ2v) is 3.41. The highest BCUT2D eigenvalue weighted by Crippen LogP contribution is 2.20. The highest BCUT2D eigenvalue weighted by molar-refractivity contribution is 6.03. The average Bonchev–Trinajstić information content (AvgIpc) is 2.70. The number of hydrogen-bond acceptors (Lipinski definition) is 2. The fraction of sp³-hybridized carbons (Fsp3) is 0.250. The Morgan fingerprint density at radius 1 is 1.47 bits per heavy atom. The van der Waals surface area contributed by atoms with E-state index in [0.29, 0.717) is 5.56 Å². The number of methoxy groups -OCH3 is 1. The third kappa shape index (κ3) is 1.61. The number of nitrogens with one attached hydrogen (secondary N) is 1. The van der Waals surface area contributed by atoms with Gasteiger partial charge in [0, 0.05) is 16.6 Å². The van der Waals surface area contributed by atoms with Gasteiger partial charge >= 0.3 is 5.97 Å². The van der Waals surface area contributed by atoms with Crippen molar-refractivity contribution in [2.75, 3.05) is 7.11 Å². The largest absolute Gasteiger partial charge is 0.465 e. The Labute approximate surface area is 88.1 Å². The first-order valence-electron chi connectivity index (χ1n) is 4.95. The molecule has 0 radical (unpaired) electrons. The smallest absolute Gasteiger partial charge is 0.338 e. The first-order chi connectivity index (χ1) is 7.26. The summed E-state index contributed by atoms with van der Waals surface area (Å²) in [5.74, 6) is -0.290. The van der Waals surface area contributed by atoms with E-state index >= 15 is 0 Å². The van der Waals surface area contributed by atoms with Gasteiger partial charge in [-0.15, -0.1) is 0 Å². The summed E-state index contributed by atoms with van der Waals surface area (Å²) in [5, 5.41) is 0.932. The minimum atomic E-state index is -0.290. The predicted molar refractivity (Wildman–Crippen MR) is 59.0 cm³/mol. The molecule has 1 aromatic heterocycles. The molecule has 0 unspecified atom stereocenters. The molecule has 0 fully saturated rings. The van der Waals surface area contributed by atoms with Crippen LogP contribution >= 0.6 is 0 Å². The van der Waals surface area contributed by atoms with Gasteiger partial charge in [-0.2, -0.15) is 0 Å². The molecule has 78 valence electrons. The Morgan fingerprint density at radius 2 is 2.27 bits per heavy atom. The maximum atomic E-state index is 11.5. The van der Waals surface area contributed by atoms with E-state index in [1.54, 1.807) is 6.07 Å². The number of benzene rings is 1. The summed E-state index contributed by atoms with van der Waals surface area (Å²) < 4.78 is 4.73. The molecule has 0 bridgehead atoms. The third-order valence-corrected chi connectivity index (χ3v) is 2.51. The Kier molecular flexibility index (Phi) is 2.46. The number of carbonyl (C=O) groups excluding carboxylic acids is 1. The molecule has 2 aromatic rings. The van der Waals surface area contributed by atoms with Gasteiger partial charge in [0.05, 0.1) is 12.7 Å². The number of aromatic amines is 1. The molecule has 0 saturated heterocycles. The molecule has 0 atom stereocenters. The van der Waals surface area contributed by atoms with Crippen LogP contribution in [0.5, 0.6) is 0 Å². The van der Waals surface area contributed by atoms with E-state index in [-0.39, 0.29) is 5.97 Å². The van der Waals surface area contributed by atoms with Crippen molar-refractivity contribution in [3.63, 3.8) is 0 Å². The monoisotopic (exact) mass is 203 g/mol. The maximum Gasteiger partial charge on any atom is 0.338 e. The molecule has 1 aromatic carbocycles. The lowest BCUT2D eigenvalue weighted by Gasteiger charge is -1.99. The average molecular weight is 203 g/mol. The molecule has 3 nitrogen and oxygen atoms in total.